The number of fused-ring (bicyclic) bond motifs is 1. The SMILES string of the molecule is Cc1ccc2[nH]c(CCNc3cc(C4CC(N)C4)nc(N)n3)nc2c1C.Cl.Cl. The molecule has 28 heavy (non-hydrogen) atoms. The molecule has 7 nitrogen and oxygen atoms in total. The van der Waals surface area contributed by atoms with Gasteiger partial charge < -0.3 is 21.8 Å². The monoisotopic (exact) mass is 423 g/mol. The molecule has 2 aromatic heterocycles. The minimum absolute atomic E-state index is 0. The van der Waals surface area contributed by atoms with E-state index in [1.54, 1.807) is 0 Å². The van der Waals surface area contributed by atoms with Crippen molar-refractivity contribution in [1.29, 1.82) is 0 Å². The normalized spacial score (nSPS) is 18.1. The van der Waals surface area contributed by atoms with Gasteiger partial charge in [0.2, 0.25) is 5.95 Å². The van der Waals surface area contributed by atoms with Gasteiger partial charge in [0.25, 0.3) is 0 Å². The van der Waals surface area contributed by atoms with Crippen molar-refractivity contribution >= 4 is 47.6 Å². The largest absolute Gasteiger partial charge is 0.369 e. The maximum atomic E-state index is 5.88. The highest BCUT2D eigenvalue weighted by molar-refractivity contribution is 5.85. The molecule has 0 aliphatic heterocycles. The number of anilines is 2. The Labute approximate surface area is 176 Å². The van der Waals surface area contributed by atoms with Crippen LogP contribution in [0.5, 0.6) is 0 Å². The summed E-state index contributed by atoms with van der Waals surface area (Å²) in [6.45, 7) is 4.94. The molecule has 0 amide bonds. The molecule has 0 radical (unpaired) electrons. The zero-order valence-electron chi connectivity index (χ0n) is 16.0. The number of benzene rings is 1. The third-order valence-corrected chi connectivity index (χ3v) is 5.25. The second-order valence-electron chi connectivity index (χ2n) is 7.23. The summed E-state index contributed by atoms with van der Waals surface area (Å²) in [6.07, 6.45) is 2.71. The second-order valence-corrected chi connectivity index (χ2v) is 7.23. The van der Waals surface area contributed by atoms with Gasteiger partial charge in [0.1, 0.15) is 11.6 Å². The number of nitrogen functional groups attached to an aromatic ring is 1. The number of aromatic nitrogens is 4. The highest BCUT2D eigenvalue weighted by atomic mass is 35.5. The molecular weight excluding hydrogens is 397 g/mol. The summed E-state index contributed by atoms with van der Waals surface area (Å²) in [5.74, 6) is 2.43. The third-order valence-electron chi connectivity index (χ3n) is 5.25. The van der Waals surface area contributed by atoms with Crippen LogP contribution >= 0.6 is 24.8 Å². The number of hydrogen-bond donors (Lipinski definition) is 4. The van der Waals surface area contributed by atoms with E-state index in [-0.39, 0.29) is 30.9 Å². The second kappa shape index (κ2) is 8.94. The highest BCUT2D eigenvalue weighted by Gasteiger charge is 2.29. The number of halogens is 2. The minimum Gasteiger partial charge on any atom is -0.369 e. The zero-order valence-corrected chi connectivity index (χ0v) is 17.7. The van der Waals surface area contributed by atoms with E-state index in [0.29, 0.717) is 11.9 Å². The first-order valence-corrected chi connectivity index (χ1v) is 9.08. The van der Waals surface area contributed by atoms with Crippen LogP contribution in [0, 0.1) is 13.8 Å². The number of rotatable bonds is 5. The minimum atomic E-state index is 0. The first-order valence-electron chi connectivity index (χ1n) is 9.08. The molecule has 0 bridgehead atoms. The van der Waals surface area contributed by atoms with E-state index in [1.165, 1.54) is 11.1 Å². The number of aryl methyl sites for hydroxylation is 2. The Morgan fingerprint density at radius 2 is 1.89 bits per heavy atom. The van der Waals surface area contributed by atoms with Crippen LogP contribution in [0.15, 0.2) is 18.2 Å². The van der Waals surface area contributed by atoms with Gasteiger partial charge in [-0.05, 0) is 43.9 Å². The topological polar surface area (TPSA) is 119 Å². The van der Waals surface area contributed by atoms with Crippen LogP contribution in [0.1, 0.15) is 41.4 Å². The van der Waals surface area contributed by atoms with Crippen LogP contribution in [0.4, 0.5) is 11.8 Å². The summed E-state index contributed by atoms with van der Waals surface area (Å²) in [7, 11) is 0. The lowest BCUT2D eigenvalue weighted by atomic mass is 9.78. The van der Waals surface area contributed by atoms with Crippen LogP contribution in [0.2, 0.25) is 0 Å². The number of imidazole rings is 1. The first kappa shape index (κ1) is 22.2. The smallest absolute Gasteiger partial charge is 0.222 e. The molecule has 2 heterocycles. The van der Waals surface area contributed by atoms with Crippen LogP contribution in [-0.4, -0.2) is 32.5 Å². The molecule has 3 aromatic rings. The molecule has 6 N–H and O–H groups in total. The molecule has 9 heteroatoms. The van der Waals surface area contributed by atoms with Crippen molar-refractivity contribution in [2.75, 3.05) is 17.6 Å². The Bertz CT molecular complexity index is 951. The van der Waals surface area contributed by atoms with E-state index in [9.17, 15) is 0 Å². The van der Waals surface area contributed by atoms with E-state index < -0.39 is 0 Å². The highest BCUT2D eigenvalue weighted by Crippen LogP contribution is 2.35. The zero-order chi connectivity index (χ0) is 18.3. The van der Waals surface area contributed by atoms with Crippen molar-refractivity contribution < 1.29 is 0 Å². The van der Waals surface area contributed by atoms with Gasteiger partial charge in [0.15, 0.2) is 0 Å². The quantitative estimate of drug-likeness (QED) is 0.499. The lowest BCUT2D eigenvalue weighted by Crippen LogP contribution is -2.35. The number of hydrogen-bond acceptors (Lipinski definition) is 6. The number of nitrogens with two attached hydrogens (primary N) is 2. The molecule has 1 fully saturated rings. The van der Waals surface area contributed by atoms with Gasteiger partial charge in [-0.3, -0.25) is 0 Å². The Morgan fingerprint density at radius 1 is 1.14 bits per heavy atom. The predicted octanol–water partition coefficient (Wildman–Crippen LogP) is 3.25. The number of aromatic amines is 1. The maximum Gasteiger partial charge on any atom is 0.222 e. The van der Waals surface area contributed by atoms with Crippen LogP contribution < -0.4 is 16.8 Å². The van der Waals surface area contributed by atoms with E-state index >= 15 is 0 Å². The number of nitrogens with one attached hydrogen (secondary N) is 2. The lowest BCUT2D eigenvalue weighted by Gasteiger charge is -2.32. The first-order chi connectivity index (χ1) is 12.5. The molecular formula is C19H27Cl2N7. The average Bonchev–Trinajstić information content (AvgIpc) is 2.99. The van der Waals surface area contributed by atoms with Crippen molar-refractivity contribution in [3.63, 3.8) is 0 Å². The van der Waals surface area contributed by atoms with Crippen molar-refractivity contribution in [2.24, 2.45) is 5.73 Å². The fourth-order valence-corrected chi connectivity index (χ4v) is 3.48. The van der Waals surface area contributed by atoms with Gasteiger partial charge in [-0.25, -0.2) is 9.97 Å². The van der Waals surface area contributed by atoms with Gasteiger partial charge in [0.05, 0.1) is 16.7 Å². The molecule has 0 saturated heterocycles. The van der Waals surface area contributed by atoms with E-state index in [1.807, 2.05) is 6.07 Å². The molecule has 1 aliphatic rings. The average molecular weight is 424 g/mol. The molecule has 1 aliphatic carbocycles. The summed E-state index contributed by atoms with van der Waals surface area (Å²) in [6, 6.07) is 6.48. The fourth-order valence-electron chi connectivity index (χ4n) is 3.48. The summed E-state index contributed by atoms with van der Waals surface area (Å²) in [5.41, 5.74) is 17.3. The predicted molar refractivity (Wildman–Crippen MR) is 119 cm³/mol. The number of H-pyrrole nitrogens is 1. The lowest BCUT2D eigenvalue weighted by molar-refractivity contribution is 0.345. The van der Waals surface area contributed by atoms with E-state index in [4.69, 9.17) is 16.5 Å². The fraction of sp³-hybridized carbons (Fsp3) is 0.421. The summed E-state index contributed by atoms with van der Waals surface area (Å²) < 4.78 is 0. The van der Waals surface area contributed by atoms with Crippen molar-refractivity contribution in [3.05, 3.63) is 40.8 Å². The van der Waals surface area contributed by atoms with Gasteiger partial charge in [-0.15, -0.1) is 24.8 Å². The standard InChI is InChI=1S/C19H25N7.2ClH/c1-10-3-4-14-18(11(10)2)25-16(23-14)5-6-22-17-9-15(24-19(21)26-17)12-7-13(20)8-12;;/h3-4,9,12-13H,5-8,20H2,1-2H3,(H,23,25)(H3,21,22,24,26);2*1H. The molecule has 1 saturated carbocycles. The number of nitrogens with zero attached hydrogens (tertiary/aromatic N) is 3. The molecule has 0 spiro atoms. The van der Waals surface area contributed by atoms with Gasteiger partial charge in [0, 0.05) is 31.0 Å². The van der Waals surface area contributed by atoms with Crippen molar-refractivity contribution in [3.8, 4) is 0 Å². The van der Waals surface area contributed by atoms with Gasteiger partial charge >= 0.3 is 0 Å². The van der Waals surface area contributed by atoms with Crippen LogP contribution in [0.25, 0.3) is 11.0 Å². The molecule has 1 aromatic carbocycles. The van der Waals surface area contributed by atoms with Crippen molar-refractivity contribution in [2.45, 2.75) is 45.1 Å². The van der Waals surface area contributed by atoms with Crippen LogP contribution in [-0.2, 0) is 6.42 Å². The van der Waals surface area contributed by atoms with Gasteiger partial charge in [-0.2, -0.15) is 4.98 Å². The van der Waals surface area contributed by atoms with Crippen LogP contribution in [0.3, 0.4) is 0 Å². The Balaban J connectivity index is 0.00000140. The molecule has 4 rings (SSSR count). The van der Waals surface area contributed by atoms with Gasteiger partial charge in [-0.1, -0.05) is 6.07 Å². The summed E-state index contributed by atoms with van der Waals surface area (Å²) in [5, 5.41) is 3.34. The van der Waals surface area contributed by atoms with E-state index in [2.05, 4.69) is 46.2 Å². The van der Waals surface area contributed by atoms with Crippen molar-refractivity contribution in [1.82, 2.24) is 19.9 Å². The Morgan fingerprint density at radius 3 is 2.61 bits per heavy atom. The molecule has 0 atom stereocenters. The summed E-state index contributed by atoms with van der Waals surface area (Å²) in [4.78, 5) is 16.8. The van der Waals surface area contributed by atoms with E-state index in [0.717, 1.165) is 54.2 Å². The third kappa shape index (κ3) is 4.48. The molecule has 0 unspecified atom stereocenters. The Hall–Kier alpha value is -2.09. The Kier molecular flexibility index (Phi) is 7.09. The summed E-state index contributed by atoms with van der Waals surface area (Å²) >= 11 is 0. The molecule has 152 valence electrons. The maximum absolute atomic E-state index is 5.88.